The Bertz CT molecular complexity index is 334. The van der Waals surface area contributed by atoms with Gasteiger partial charge in [-0.05, 0) is 13.1 Å². The molecular formula is C9H14N4O. The van der Waals surface area contributed by atoms with Crippen LogP contribution in [0.4, 0.5) is 5.82 Å². The van der Waals surface area contributed by atoms with Gasteiger partial charge in [0.2, 0.25) is 0 Å². The smallest absolute Gasteiger partial charge is 0.264 e. The summed E-state index contributed by atoms with van der Waals surface area (Å²) in [6, 6.07) is 3.28. The SMILES string of the molecule is CN1CCN(c2ccc(=O)[nH]n2)CC1. The van der Waals surface area contributed by atoms with Gasteiger partial charge in [0, 0.05) is 32.2 Å². The first-order chi connectivity index (χ1) is 6.75. The van der Waals surface area contributed by atoms with Gasteiger partial charge in [0.25, 0.3) is 5.56 Å². The summed E-state index contributed by atoms with van der Waals surface area (Å²) in [7, 11) is 2.11. The van der Waals surface area contributed by atoms with Crippen LogP contribution in [0.3, 0.4) is 0 Å². The molecule has 0 radical (unpaired) electrons. The predicted octanol–water partition coefficient (Wildman–Crippen LogP) is -0.478. The fraction of sp³-hybridized carbons (Fsp3) is 0.556. The number of rotatable bonds is 1. The molecule has 1 aromatic heterocycles. The molecule has 5 heteroatoms. The lowest BCUT2D eigenvalue weighted by Gasteiger charge is -2.32. The number of anilines is 1. The minimum Gasteiger partial charge on any atom is -0.353 e. The Labute approximate surface area is 82.3 Å². The van der Waals surface area contributed by atoms with Crippen LogP contribution >= 0.6 is 0 Å². The van der Waals surface area contributed by atoms with Crippen LogP contribution in [0, 0.1) is 0 Å². The first-order valence-electron chi connectivity index (χ1n) is 4.75. The monoisotopic (exact) mass is 194 g/mol. The lowest BCUT2D eigenvalue weighted by molar-refractivity contribution is 0.311. The zero-order chi connectivity index (χ0) is 9.97. The first kappa shape index (κ1) is 9.21. The minimum absolute atomic E-state index is 0.150. The Kier molecular flexibility index (Phi) is 2.49. The fourth-order valence-electron chi connectivity index (χ4n) is 1.55. The van der Waals surface area contributed by atoms with Crippen LogP contribution in [0.15, 0.2) is 16.9 Å². The van der Waals surface area contributed by atoms with Crippen LogP contribution < -0.4 is 10.5 Å². The van der Waals surface area contributed by atoms with Gasteiger partial charge in [0.15, 0.2) is 0 Å². The molecule has 1 aromatic rings. The van der Waals surface area contributed by atoms with Gasteiger partial charge in [-0.3, -0.25) is 4.79 Å². The summed E-state index contributed by atoms with van der Waals surface area (Å²) in [5, 5.41) is 6.44. The number of aromatic amines is 1. The van der Waals surface area contributed by atoms with E-state index in [2.05, 4.69) is 27.0 Å². The van der Waals surface area contributed by atoms with E-state index in [1.807, 2.05) is 0 Å². The number of hydrogen-bond donors (Lipinski definition) is 1. The molecule has 0 aliphatic carbocycles. The van der Waals surface area contributed by atoms with Gasteiger partial charge in [0.1, 0.15) is 5.82 Å². The molecule has 1 saturated heterocycles. The molecule has 14 heavy (non-hydrogen) atoms. The van der Waals surface area contributed by atoms with E-state index in [1.54, 1.807) is 6.07 Å². The Morgan fingerprint density at radius 1 is 1.29 bits per heavy atom. The van der Waals surface area contributed by atoms with Crippen LogP contribution in [0.25, 0.3) is 0 Å². The summed E-state index contributed by atoms with van der Waals surface area (Å²) in [5.74, 6) is 0.859. The van der Waals surface area contributed by atoms with Gasteiger partial charge in [-0.15, -0.1) is 0 Å². The Morgan fingerprint density at radius 3 is 2.57 bits per heavy atom. The maximum atomic E-state index is 10.8. The molecule has 0 atom stereocenters. The lowest BCUT2D eigenvalue weighted by atomic mass is 10.3. The summed E-state index contributed by atoms with van der Waals surface area (Å²) in [6.45, 7) is 4.02. The second kappa shape index (κ2) is 3.79. The molecule has 1 N–H and O–H groups in total. The van der Waals surface area contributed by atoms with Gasteiger partial charge in [-0.25, -0.2) is 5.10 Å². The van der Waals surface area contributed by atoms with Crippen molar-refractivity contribution in [3.05, 3.63) is 22.5 Å². The molecule has 0 bridgehead atoms. The number of H-pyrrole nitrogens is 1. The van der Waals surface area contributed by atoms with Crippen LogP contribution in [-0.4, -0.2) is 48.3 Å². The van der Waals surface area contributed by atoms with Crippen LogP contribution in [0.5, 0.6) is 0 Å². The molecule has 5 nitrogen and oxygen atoms in total. The number of nitrogens with zero attached hydrogens (tertiary/aromatic N) is 3. The highest BCUT2D eigenvalue weighted by molar-refractivity contribution is 5.36. The van der Waals surface area contributed by atoms with Crippen molar-refractivity contribution >= 4 is 5.82 Å². The predicted molar refractivity (Wildman–Crippen MR) is 54.6 cm³/mol. The average Bonchev–Trinajstić information content (AvgIpc) is 2.21. The van der Waals surface area contributed by atoms with Crippen molar-refractivity contribution in [1.82, 2.24) is 15.1 Å². The van der Waals surface area contributed by atoms with E-state index in [-0.39, 0.29) is 5.56 Å². The summed E-state index contributed by atoms with van der Waals surface area (Å²) >= 11 is 0. The van der Waals surface area contributed by atoms with E-state index in [1.165, 1.54) is 6.07 Å². The van der Waals surface area contributed by atoms with E-state index < -0.39 is 0 Å². The van der Waals surface area contributed by atoms with E-state index in [9.17, 15) is 4.79 Å². The van der Waals surface area contributed by atoms with Crippen molar-refractivity contribution in [3.63, 3.8) is 0 Å². The van der Waals surface area contributed by atoms with E-state index >= 15 is 0 Å². The average molecular weight is 194 g/mol. The second-order valence-electron chi connectivity index (χ2n) is 3.57. The topological polar surface area (TPSA) is 52.2 Å². The number of hydrogen-bond acceptors (Lipinski definition) is 4. The van der Waals surface area contributed by atoms with Crippen molar-refractivity contribution < 1.29 is 0 Å². The Morgan fingerprint density at radius 2 is 2.00 bits per heavy atom. The standard InChI is InChI=1S/C9H14N4O/c1-12-4-6-13(7-5-12)8-2-3-9(14)11-10-8/h2-3H,4-7H2,1H3,(H,11,14). The first-order valence-corrected chi connectivity index (χ1v) is 4.75. The number of aromatic nitrogens is 2. The molecule has 0 amide bonds. The summed E-state index contributed by atoms with van der Waals surface area (Å²) in [4.78, 5) is 15.3. The Balaban J connectivity index is 2.08. The summed E-state index contributed by atoms with van der Waals surface area (Å²) in [6.07, 6.45) is 0. The molecule has 2 heterocycles. The van der Waals surface area contributed by atoms with E-state index in [4.69, 9.17) is 0 Å². The lowest BCUT2D eigenvalue weighted by Crippen LogP contribution is -2.45. The Hall–Kier alpha value is -1.36. The van der Waals surface area contributed by atoms with Crippen LogP contribution in [0.2, 0.25) is 0 Å². The van der Waals surface area contributed by atoms with Gasteiger partial charge in [0.05, 0.1) is 0 Å². The zero-order valence-electron chi connectivity index (χ0n) is 8.23. The van der Waals surface area contributed by atoms with Crippen molar-refractivity contribution in [2.75, 3.05) is 38.1 Å². The molecule has 1 fully saturated rings. The van der Waals surface area contributed by atoms with Crippen molar-refractivity contribution in [1.29, 1.82) is 0 Å². The van der Waals surface area contributed by atoms with Gasteiger partial charge in [-0.2, -0.15) is 5.10 Å². The van der Waals surface area contributed by atoms with Gasteiger partial charge < -0.3 is 9.80 Å². The molecule has 76 valence electrons. The molecule has 1 aliphatic rings. The molecular weight excluding hydrogens is 180 g/mol. The highest BCUT2D eigenvalue weighted by Gasteiger charge is 2.14. The third-order valence-corrected chi connectivity index (χ3v) is 2.49. The van der Waals surface area contributed by atoms with Crippen molar-refractivity contribution in [2.45, 2.75) is 0 Å². The number of piperazine rings is 1. The van der Waals surface area contributed by atoms with E-state index in [0.717, 1.165) is 32.0 Å². The largest absolute Gasteiger partial charge is 0.353 e. The van der Waals surface area contributed by atoms with Crippen LogP contribution in [-0.2, 0) is 0 Å². The molecule has 0 aromatic carbocycles. The third kappa shape index (κ3) is 1.93. The van der Waals surface area contributed by atoms with Gasteiger partial charge >= 0.3 is 0 Å². The highest BCUT2D eigenvalue weighted by atomic mass is 16.1. The number of likely N-dealkylation sites (N-methyl/N-ethyl adjacent to an activating group) is 1. The molecule has 0 spiro atoms. The van der Waals surface area contributed by atoms with Gasteiger partial charge in [-0.1, -0.05) is 0 Å². The molecule has 0 unspecified atom stereocenters. The maximum Gasteiger partial charge on any atom is 0.264 e. The van der Waals surface area contributed by atoms with Crippen molar-refractivity contribution in [3.8, 4) is 0 Å². The van der Waals surface area contributed by atoms with Crippen LogP contribution in [0.1, 0.15) is 0 Å². The minimum atomic E-state index is -0.150. The number of nitrogens with one attached hydrogen (secondary N) is 1. The quantitative estimate of drug-likeness (QED) is 0.656. The van der Waals surface area contributed by atoms with E-state index in [0.29, 0.717) is 0 Å². The molecule has 2 rings (SSSR count). The normalized spacial score (nSPS) is 18.5. The zero-order valence-corrected chi connectivity index (χ0v) is 8.23. The molecule has 0 saturated carbocycles. The fourth-order valence-corrected chi connectivity index (χ4v) is 1.55. The summed E-state index contributed by atoms with van der Waals surface area (Å²) < 4.78 is 0. The highest BCUT2D eigenvalue weighted by Crippen LogP contribution is 2.09. The summed E-state index contributed by atoms with van der Waals surface area (Å²) in [5.41, 5.74) is -0.150. The second-order valence-corrected chi connectivity index (χ2v) is 3.57. The third-order valence-electron chi connectivity index (χ3n) is 2.49. The van der Waals surface area contributed by atoms with Crippen molar-refractivity contribution in [2.24, 2.45) is 0 Å². The molecule has 1 aliphatic heterocycles. The maximum absolute atomic E-state index is 10.8.